The number of para-hydroxylation sites is 1. The highest BCUT2D eigenvalue weighted by atomic mass is 16.2. The number of carbonyl (C=O) groups excluding carboxylic acids is 2. The van der Waals surface area contributed by atoms with Gasteiger partial charge in [0.05, 0.1) is 0 Å². The molecular weight excluding hydrogens is 266 g/mol. The molecule has 0 radical (unpaired) electrons. The molecule has 1 atom stereocenters. The molecule has 1 saturated heterocycles. The molecule has 2 amide bonds. The standard InChI is InChI=1S/C16H19N3O2/c20-15(18-10-12-6-8-16(21)19-12)7-5-11-9-17-14-4-2-1-3-13(11)14/h1-4,9,12,17H,5-8,10H2,(H,18,20)(H,19,21). The van der Waals surface area contributed by atoms with Crippen LogP contribution < -0.4 is 10.6 Å². The highest BCUT2D eigenvalue weighted by molar-refractivity contribution is 5.84. The Morgan fingerprint density at radius 2 is 2.19 bits per heavy atom. The lowest BCUT2D eigenvalue weighted by Crippen LogP contribution is -2.38. The number of aromatic amines is 1. The first-order valence-electron chi connectivity index (χ1n) is 7.33. The number of benzene rings is 1. The highest BCUT2D eigenvalue weighted by Crippen LogP contribution is 2.18. The molecule has 5 heteroatoms. The molecule has 2 heterocycles. The molecule has 0 spiro atoms. The van der Waals surface area contributed by atoms with Crippen molar-refractivity contribution < 1.29 is 9.59 Å². The number of nitrogens with one attached hydrogen (secondary N) is 3. The summed E-state index contributed by atoms with van der Waals surface area (Å²) in [5, 5.41) is 6.91. The van der Waals surface area contributed by atoms with Gasteiger partial charge in [0.15, 0.2) is 0 Å². The van der Waals surface area contributed by atoms with Crippen LogP contribution in [0.1, 0.15) is 24.8 Å². The minimum atomic E-state index is 0.0291. The zero-order valence-corrected chi connectivity index (χ0v) is 11.8. The van der Waals surface area contributed by atoms with Gasteiger partial charge < -0.3 is 15.6 Å². The second-order valence-electron chi connectivity index (χ2n) is 5.47. The van der Waals surface area contributed by atoms with Crippen molar-refractivity contribution in [3.63, 3.8) is 0 Å². The van der Waals surface area contributed by atoms with Crippen LogP contribution in [-0.4, -0.2) is 29.4 Å². The van der Waals surface area contributed by atoms with Gasteiger partial charge in [-0.1, -0.05) is 18.2 Å². The van der Waals surface area contributed by atoms with Gasteiger partial charge in [-0.15, -0.1) is 0 Å². The van der Waals surface area contributed by atoms with Crippen molar-refractivity contribution in [2.45, 2.75) is 31.7 Å². The number of carbonyl (C=O) groups is 2. The maximum Gasteiger partial charge on any atom is 0.220 e. The number of H-pyrrole nitrogens is 1. The molecule has 1 unspecified atom stereocenters. The minimum Gasteiger partial charge on any atom is -0.361 e. The summed E-state index contributed by atoms with van der Waals surface area (Å²) in [6.45, 7) is 0.526. The fourth-order valence-corrected chi connectivity index (χ4v) is 2.74. The van der Waals surface area contributed by atoms with Crippen LogP contribution in [0.5, 0.6) is 0 Å². The molecule has 2 aromatic rings. The number of hydrogen-bond acceptors (Lipinski definition) is 2. The van der Waals surface area contributed by atoms with Crippen LogP contribution in [0.15, 0.2) is 30.5 Å². The third kappa shape index (κ3) is 3.24. The first-order valence-corrected chi connectivity index (χ1v) is 7.33. The van der Waals surface area contributed by atoms with Gasteiger partial charge in [0, 0.05) is 42.5 Å². The summed E-state index contributed by atoms with van der Waals surface area (Å²) in [6.07, 6.45) is 4.52. The Kier molecular flexibility index (Phi) is 3.90. The number of amides is 2. The molecule has 0 aliphatic carbocycles. The second-order valence-corrected chi connectivity index (χ2v) is 5.47. The fraction of sp³-hybridized carbons (Fsp3) is 0.375. The summed E-state index contributed by atoms with van der Waals surface area (Å²) in [4.78, 5) is 26.2. The monoisotopic (exact) mass is 285 g/mol. The van der Waals surface area contributed by atoms with Crippen molar-refractivity contribution in [2.24, 2.45) is 0 Å². The lowest BCUT2D eigenvalue weighted by Gasteiger charge is -2.11. The van der Waals surface area contributed by atoms with Gasteiger partial charge in [-0.25, -0.2) is 0 Å². The third-order valence-electron chi connectivity index (χ3n) is 3.93. The Hall–Kier alpha value is -2.30. The van der Waals surface area contributed by atoms with Gasteiger partial charge in [0.2, 0.25) is 11.8 Å². The van der Waals surface area contributed by atoms with Crippen molar-refractivity contribution in [3.05, 3.63) is 36.0 Å². The average Bonchev–Trinajstić information content (AvgIpc) is 3.09. The van der Waals surface area contributed by atoms with E-state index in [1.807, 2.05) is 24.4 Å². The van der Waals surface area contributed by atoms with E-state index in [1.54, 1.807) is 0 Å². The van der Waals surface area contributed by atoms with Crippen LogP contribution in [0.3, 0.4) is 0 Å². The summed E-state index contributed by atoms with van der Waals surface area (Å²) in [5.74, 6) is 0.106. The molecule has 0 bridgehead atoms. The fourth-order valence-electron chi connectivity index (χ4n) is 2.74. The van der Waals surface area contributed by atoms with Crippen LogP contribution in [-0.2, 0) is 16.0 Å². The van der Waals surface area contributed by atoms with Crippen molar-refractivity contribution >= 4 is 22.7 Å². The predicted molar refractivity (Wildman–Crippen MR) is 80.8 cm³/mol. The van der Waals surface area contributed by atoms with E-state index in [-0.39, 0.29) is 17.9 Å². The molecule has 110 valence electrons. The highest BCUT2D eigenvalue weighted by Gasteiger charge is 2.20. The average molecular weight is 285 g/mol. The SMILES string of the molecule is O=C(CCc1c[nH]c2ccccc12)NCC1CCC(=O)N1. The number of aryl methyl sites for hydroxylation is 1. The predicted octanol–water partition coefficient (Wildman–Crippen LogP) is 1.50. The van der Waals surface area contributed by atoms with Crippen molar-refractivity contribution in [3.8, 4) is 0 Å². The Bertz CT molecular complexity index is 662. The first-order chi connectivity index (χ1) is 10.2. The molecule has 1 aromatic carbocycles. The smallest absolute Gasteiger partial charge is 0.220 e. The molecule has 1 aliphatic rings. The summed E-state index contributed by atoms with van der Waals surface area (Å²) < 4.78 is 0. The third-order valence-corrected chi connectivity index (χ3v) is 3.93. The maximum absolute atomic E-state index is 11.9. The zero-order valence-electron chi connectivity index (χ0n) is 11.8. The Balaban J connectivity index is 1.48. The van der Waals surface area contributed by atoms with Gasteiger partial charge in [0.1, 0.15) is 0 Å². The Morgan fingerprint density at radius 1 is 1.33 bits per heavy atom. The van der Waals surface area contributed by atoms with Crippen LogP contribution in [0.2, 0.25) is 0 Å². The minimum absolute atomic E-state index is 0.0291. The van der Waals surface area contributed by atoms with Gasteiger partial charge >= 0.3 is 0 Å². The van der Waals surface area contributed by atoms with Gasteiger partial charge in [-0.3, -0.25) is 9.59 Å². The lowest BCUT2D eigenvalue weighted by molar-refractivity contribution is -0.122. The lowest BCUT2D eigenvalue weighted by atomic mass is 10.1. The molecule has 21 heavy (non-hydrogen) atoms. The maximum atomic E-state index is 11.9. The molecule has 1 fully saturated rings. The topological polar surface area (TPSA) is 74.0 Å². The van der Waals surface area contributed by atoms with Gasteiger partial charge in [-0.05, 0) is 24.5 Å². The summed E-state index contributed by atoms with van der Waals surface area (Å²) in [6, 6.07) is 8.18. The molecule has 3 rings (SSSR count). The first kappa shape index (κ1) is 13.7. The van der Waals surface area contributed by atoms with E-state index in [2.05, 4.69) is 21.7 Å². The normalized spacial score (nSPS) is 17.9. The van der Waals surface area contributed by atoms with Crippen LogP contribution in [0, 0.1) is 0 Å². The molecule has 0 saturated carbocycles. The van der Waals surface area contributed by atoms with E-state index in [9.17, 15) is 9.59 Å². The zero-order chi connectivity index (χ0) is 14.7. The van der Waals surface area contributed by atoms with E-state index in [4.69, 9.17) is 0 Å². The summed E-state index contributed by atoms with van der Waals surface area (Å²) >= 11 is 0. The Morgan fingerprint density at radius 3 is 3.00 bits per heavy atom. The molecule has 3 N–H and O–H groups in total. The summed E-state index contributed by atoms with van der Waals surface area (Å²) in [7, 11) is 0. The van der Waals surface area contributed by atoms with E-state index in [1.165, 1.54) is 5.39 Å². The Labute approximate surface area is 123 Å². The van der Waals surface area contributed by atoms with Crippen LogP contribution in [0.25, 0.3) is 10.9 Å². The quantitative estimate of drug-likeness (QED) is 0.778. The van der Waals surface area contributed by atoms with Crippen LogP contribution >= 0.6 is 0 Å². The van der Waals surface area contributed by atoms with E-state index >= 15 is 0 Å². The molecule has 1 aliphatic heterocycles. The van der Waals surface area contributed by atoms with E-state index < -0.39 is 0 Å². The number of rotatable bonds is 5. The molecule has 1 aromatic heterocycles. The van der Waals surface area contributed by atoms with Gasteiger partial charge in [0.25, 0.3) is 0 Å². The van der Waals surface area contributed by atoms with Crippen molar-refractivity contribution in [1.29, 1.82) is 0 Å². The van der Waals surface area contributed by atoms with Crippen molar-refractivity contribution in [1.82, 2.24) is 15.6 Å². The number of aromatic nitrogens is 1. The molecular formula is C16H19N3O2. The van der Waals surface area contributed by atoms with Gasteiger partial charge in [-0.2, -0.15) is 0 Å². The van der Waals surface area contributed by atoms with Crippen molar-refractivity contribution in [2.75, 3.05) is 6.54 Å². The summed E-state index contributed by atoms with van der Waals surface area (Å²) in [5.41, 5.74) is 2.26. The molecule has 5 nitrogen and oxygen atoms in total. The number of hydrogen-bond donors (Lipinski definition) is 3. The second kappa shape index (κ2) is 5.99. The van der Waals surface area contributed by atoms with E-state index in [0.29, 0.717) is 25.8 Å². The van der Waals surface area contributed by atoms with Crippen LogP contribution in [0.4, 0.5) is 0 Å². The van der Waals surface area contributed by atoms with E-state index in [0.717, 1.165) is 17.5 Å². The number of fused-ring (bicyclic) bond motifs is 1. The largest absolute Gasteiger partial charge is 0.361 e.